The van der Waals surface area contributed by atoms with Crippen molar-refractivity contribution in [1.29, 1.82) is 0 Å². The van der Waals surface area contributed by atoms with Crippen LogP contribution in [-0.2, 0) is 6.42 Å². The third kappa shape index (κ3) is 2.00. The van der Waals surface area contributed by atoms with Crippen LogP contribution in [-0.4, -0.2) is 6.54 Å². The molecule has 0 saturated carbocycles. The summed E-state index contributed by atoms with van der Waals surface area (Å²) < 4.78 is 1.40. The molecule has 16 heavy (non-hydrogen) atoms. The number of nitrogens with two attached hydrogens (primary N) is 1. The summed E-state index contributed by atoms with van der Waals surface area (Å²) in [5.74, 6) is 0.470. The standard InChI is InChI=1S/C14H19NS/c1-3-6-13-14(10(2)9-15)11-7-4-5-8-12(11)16-13/h4-5,7-8,10H,3,6,9,15H2,1-2H3/t10-/m1/s1. The summed E-state index contributed by atoms with van der Waals surface area (Å²) in [5.41, 5.74) is 7.31. The summed E-state index contributed by atoms with van der Waals surface area (Å²) in [5, 5.41) is 1.41. The number of benzene rings is 1. The third-order valence-corrected chi connectivity index (χ3v) is 4.28. The van der Waals surface area contributed by atoms with Crippen molar-refractivity contribution in [2.45, 2.75) is 32.6 Å². The zero-order valence-electron chi connectivity index (χ0n) is 9.99. The number of hydrogen-bond acceptors (Lipinski definition) is 2. The zero-order valence-corrected chi connectivity index (χ0v) is 10.8. The zero-order chi connectivity index (χ0) is 11.5. The van der Waals surface area contributed by atoms with Gasteiger partial charge in [-0.3, -0.25) is 0 Å². The highest BCUT2D eigenvalue weighted by atomic mass is 32.1. The Bertz CT molecular complexity index is 473. The van der Waals surface area contributed by atoms with E-state index in [1.54, 1.807) is 0 Å². The van der Waals surface area contributed by atoms with E-state index in [0.29, 0.717) is 5.92 Å². The lowest BCUT2D eigenvalue weighted by Gasteiger charge is -2.10. The summed E-state index contributed by atoms with van der Waals surface area (Å²) in [6.07, 6.45) is 2.39. The van der Waals surface area contributed by atoms with E-state index in [9.17, 15) is 0 Å². The van der Waals surface area contributed by atoms with Gasteiger partial charge in [-0.25, -0.2) is 0 Å². The second-order valence-corrected chi connectivity index (χ2v) is 5.46. The number of fused-ring (bicyclic) bond motifs is 1. The minimum atomic E-state index is 0.470. The van der Waals surface area contributed by atoms with E-state index >= 15 is 0 Å². The summed E-state index contributed by atoms with van der Waals surface area (Å²) in [7, 11) is 0. The highest BCUT2D eigenvalue weighted by Crippen LogP contribution is 2.36. The van der Waals surface area contributed by atoms with Gasteiger partial charge in [0.2, 0.25) is 0 Å². The molecule has 1 aromatic heterocycles. The molecule has 0 aliphatic rings. The molecule has 0 unspecified atom stereocenters. The summed E-state index contributed by atoms with van der Waals surface area (Å²) in [4.78, 5) is 1.53. The van der Waals surface area contributed by atoms with Crippen molar-refractivity contribution in [3.63, 3.8) is 0 Å². The number of aryl methyl sites for hydroxylation is 1. The lowest BCUT2D eigenvalue weighted by Crippen LogP contribution is -2.09. The maximum Gasteiger partial charge on any atom is 0.0348 e. The molecule has 86 valence electrons. The van der Waals surface area contributed by atoms with E-state index in [4.69, 9.17) is 5.73 Å². The Balaban J connectivity index is 2.59. The van der Waals surface area contributed by atoms with Gasteiger partial charge in [-0.15, -0.1) is 11.3 Å². The van der Waals surface area contributed by atoms with Crippen molar-refractivity contribution in [2.24, 2.45) is 5.73 Å². The predicted molar refractivity (Wildman–Crippen MR) is 73.3 cm³/mol. The van der Waals surface area contributed by atoms with Crippen molar-refractivity contribution < 1.29 is 0 Å². The molecule has 2 rings (SSSR count). The summed E-state index contributed by atoms with van der Waals surface area (Å²) in [6, 6.07) is 8.68. The molecule has 2 N–H and O–H groups in total. The molecular formula is C14H19NS. The quantitative estimate of drug-likeness (QED) is 0.851. The summed E-state index contributed by atoms with van der Waals surface area (Å²) >= 11 is 1.94. The Morgan fingerprint density at radius 1 is 1.31 bits per heavy atom. The van der Waals surface area contributed by atoms with E-state index in [-0.39, 0.29) is 0 Å². The van der Waals surface area contributed by atoms with Crippen LogP contribution >= 0.6 is 11.3 Å². The van der Waals surface area contributed by atoms with Gasteiger partial charge in [-0.05, 0) is 35.9 Å². The molecule has 2 aromatic rings. The van der Waals surface area contributed by atoms with Gasteiger partial charge in [0, 0.05) is 9.58 Å². The van der Waals surface area contributed by atoms with Crippen LogP contribution in [0.2, 0.25) is 0 Å². The molecule has 0 fully saturated rings. The largest absolute Gasteiger partial charge is 0.330 e. The van der Waals surface area contributed by atoms with Crippen LogP contribution in [0.4, 0.5) is 0 Å². The first-order chi connectivity index (χ1) is 7.77. The van der Waals surface area contributed by atoms with Crippen molar-refractivity contribution in [3.8, 4) is 0 Å². The fraction of sp³-hybridized carbons (Fsp3) is 0.429. The first-order valence-corrected chi connectivity index (χ1v) is 6.80. The fourth-order valence-electron chi connectivity index (χ4n) is 2.19. The number of hydrogen-bond donors (Lipinski definition) is 1. The SMILES string of the molecule is CCCc1sc2ccccc2c1[C@H](C)CN. The molecule has 2 heteroatoms. The van der Waals surface area contributed by atoms with Crippen LogP contribution in [0.25, 0.3) is 10.1 Å². The van der Waals surface area contributed by atoms with Crippen molar-refractivity contribution in [1.82, 2.24) is 0 Å². The normalized spacial score (nSPS) is 13.2. The van der Waals surface area contributed by atoms with Crippen molar-refractivity contribution in [3.05, 3.63) is 34.7 Å². The van der Waals surface area contributed by atoms with Gasteiger partial charge in [0.15, 0.2) is 0 Å². The molecule has 1 nitrogen and oxygen atoms in total. The molecule has 0 aliphatic carbocycles. The first kappa shape index (κ1) is 11.6. The average Bonchev–Trinajstić information content (AvgIpc) is 2.66. The minimum absolute atomic E-state index is 0.470. The first-order valence-electron chi connectivity index (χ1n) is 5.98. The molecule has 0 radical (unpaired) electrons. The molecule has 1 heterocycles. The summed E-state index contributed by atoms with van der Waals surface area (Å²) in [6.45, 7) is 5.20. The Kier molecular flexibility index (Phi) is 3.62. The molecular weight excluding hydrogens is 214 g/mol. The highest BCUT2D eigenvalue weighted by Gasteiger charge is 2.15. The lowest BCUT2D eigenvalue weighted by molar-refractivity contribution is 0.767. The molecule has 0 bridgehead atoms. The minimum Gasteiger partial charge on any atom is -0.330 e. The Morgan fingerprint density at radius 3 is 2.75 bits per heavy atom. The van der Waals surface area contributed by atoms with E-state index in [0.717, 1.165) is 6.54 Å². The van der Waals surface area contributed by atoms with Gasteiger partial charge in [-0.1, -0.05) is 38.5 Å². The number of rotatable bonds is 4. The van der Waals surface area contributed by atoms with Crippen LogP contribution in [0.15, 0.2) is 24.3 Å². The smallest absolute Gasteiger partial charge is 0.0348 e. The van der Waals surface area contributed by atoms with Crippen LogP contribution in [0.1, 0.15) is 36.6 Å². The van der Waals surface area contributed by atoms with E-state index in [2.05, 4.69) is 38.1 Å². The van der Waals surface area contributed by atoms with E-state index < -0.39 is 0 Å². The maximum absolute atomic E-state index is 5.82. The van der Waals surface area contributed by atoms with Gasteiger partial charge >= 0.3 is 0 Å². The van der Waals surface area contributed by atoms with Crippen LogP contribution in [0.5, 0.6) is 0 Å². The lowest BCUT2D eigenvalue weighted by atomic mass is 9.96. The number of thiophene rings is 1. The predicted octanol–water partition coefficient (Wildman–Crippen LogP) is 3.92. The molecule has 1 aromatic carbocycles. The highest BCUT2D eigenvalue weighted by molar-refractivity contribution is 7.19. The van der Waals surface area contributed by atoms with Gasteiger partial charge in [0.25, 0.3) is 0 Å². The molecule has 0 spiro atoms. The average molecular weight is 233 g/mol. The molecule has 1 atom stereocenters. The van der Waals surface area contributed by atoms with Crippen LogP contribution < -0.4 is 5.73 Å². The van der Waals surface area contributed by atoms with Gasteiger partial charge in [0.05, 0.1) is 0 Å². The van der Waals surface area contributed by atoms with Gasteiger partial charge < -0.3 is 5.73 Å². The third-order valence-electron chi connectivity index (χ3n) is 3.03. The second-order valence-electron chi connectivity index (χ2n) is 4.32. The van der Waals surface area contributed by atoms with E-state index in [1.165, 1.54) is 33.4 Å². The molecule has 0 amide bonds. The van der Waals surface area contributed by atoms with Gasteiger partial charge in [-0.2, -0.15) is 0 Å². The van der Waals surface area contributed by atoms with Crippen LogP contribution in [0.3, 0.4) is 0 Å². The second kappa shape index (κ2) is 4.98. The Labute approximate surface area is 101 Å². The maximum atomic E-state index is 5.82. The molecule has 0 aliphatic heterocycles. The molecule has 0 saturated heterocycles. The van der Waals surface area contributed by atoms with E-state index in [1.807, 2.05) is 11.3 Å². The van der Waals surface area contributed by atoms with Crippen molar-refractivity contribution in [2.75, 3.05) is 6.54 Å². The monoisotopic (exact) mass is 233 g/mol. The van der Waals surface area contributed by atoms with Crippen LogP contribution in [0, 0.1) is 0 Å². The fourth-order valence-corrected chi connectivity index (χ4v) is 3.61. The Hall–Kier alpha value is -0.860. The topological polar surface area (TPSA) is 26.0 Å². The van der Waals surface area contributed by atoms with Gasteiger partial charge in [0.1, 0.15) is 0 Å². The Morgan fingerprint density at radius 2 is 2.06 bits per heavy atom. The van der Waals surface area contributed by atoms with Crippen molar-refractivity contribution >= 4 is 21.4 Å².